The van der Waals surface area contributed by atoms with Crippen molar-refractivity contribution in [2.45, 2.75) is 126 Å². The number of alkyl carbamates (subject to hydrolysis) is 1. The first-order valence-corrected chi connectivity index (χ1v) is 18.7. The highest BCUT2D eigenvalue weighted by atomic mass is 35.6. The normalized spacial score (nSPS) is 27.3. The van der Waals surface area contributed by atoms with Crippen LogP contribution in [-0.2, 0) is 99.9 Å². The molecule has 11 atom stereocenters. The van der Waals surface area contributed by atoms with E-state index < -0.39 is 151 Å². The van der Waals surface area contributed by atoms with E-state index >= 15 is 0 Å². The van der Waals surface area contributed by atoms with Crippen LogP contribution in [0.3, 0.4) is 0 Å². The van der Waals surface area contributed by atoms with Crippen LogP contribution in [0.4, 0.5) is 4.79 Å². The van der Waals surface area contributed by atoms with Gasteiger partial charge >= 0.3 is 53.8 Å². The van der Waals surface area contributed by atoms with Gasteiger partial charge in [0, 0.05) is 55.6 Å². The first kappa shape index (κ1) is 51.9. The summed E-state index contributed by atoms with van der Waals surface area (Å²) in [6.45, 7) is 4.34. The number of nitrogens with one attached hydrogen (secondary N) is 1. The van der Waals surface area contributed by atoms with Crippen LogP contribution in [0.25, 0.3) is 0 Å². The summed E-state index contributed by atoms with van der Waals surface area (Å²) in [6, 6.07) is -1.76. The van der Waals surface area contributed by atoms with Crippen molar-refractivity contribution in [1.29, 1.82) is 0 Å². The first-order chi connectivity index (χ1) is 27.8. The SMILES string of the molecule is COC(=O)[C@@]1(OC[C@H]2O[C@H](OC)[C@H](OC(C)=O)[C@@H](OC(C)=O)[C@@H]2OC(C)=O)C[C@H](OC(C)=O)[C@@H](NC(=O)OCC(Cl)(Cl)Cl)[C@H]([C@H](OC(C)=O)[C@@H](COC(C)=O)OC(C)=O)O1. The zero-order valence-corrected chi connectivity index (χ0v) is 36.0. The smallest absolute Gasteiger partial charge is 0.407 e. The van der Waals surface area contributed by atoms with E-state index in [1.165, 1.54) is 0 Å². The summed E-state index contributed by atoms with van der Waals surface area (Å²) in [4.78, 5) is 113. The van der Waals surface area contributed by atoms with Crippen LogP contribution in [0.15, 0.2) is 0 Å². The number of alkyl halides is 3. The quantitative estimate of drug-likeness (QED) is 0.119. The van der Waals surface area contributed by atoms with E-state index in [4.69, 9.17) is 96.4 Å². The Bertz CT molecular complexity index is 1590. The molecule has 0 aromatic carbocycles. The summed E-state index contributed by atoms with van der Waals surface area (Å²) in [5, 5.41) is 2.34. The Morgan fingerprint density at radius 3 is 1.75 bits per heavy atom. The standard InChI is InChI=1S/C34H46Cl3NO22/c1-14(39)50-11-22(54-16(3)41)25(55-17(4)42)27-24(38-32(47)51-13-34(35,36)37)21(53-15(2)40)10-33(60-27,31(46)49-9)52-12-23-26(56-18(5)43)28(57-19(6)44)29(58-20(7)45)30(48-8)59-23/h21-30H,10-13H2,1-9H3,(H,38,47)/t21-,22+,23+,24+,25+,26+,27+,28-,29+,30-,33+/m0/s1. The number of carbonyl (C=O) groups is 9. The number of hydrogen-bond donors (Lipinski definition) is 1. The number of ether oxygens (including phenoxy) is 13. The fourth-order valence-corrected chi connectivity index (χ4v) is 6.20. The molecule has 26 heteroatoms. The van der Waals surface area contributed by atoms with E-state index in [2.05, 4.69) is 5.32 Å². The van der Waals surface area contributed by atoms with Gasteiger partial charge in [-0.15, -0.1) is 0 Å². The Hall–Kier alpha value is -4.26. The van der Waals surface area contributed by atoms with Crippen LogP contribution in [0.5, 0.6) is 0 Å². The largest absolute Gasteiger partial charge is 0.465 e. The van der Waals surface area contributed by atoms with Gasteiger partial charge in [-0.25, -0.2) is 9.59 Å². The molecule has 2 heterocycles. The van der Waals surface area contributed by atoms with Gasteiger partial charge in [0.2, 0.25) is 3.79 Å². The van der Waals surface area contributed by atoms with E-state index in [1.54, 1.807) is 0 Å². The maximum Gasteiger partial charge on any atom is 0.407 e. The second-order valence-electron chi connectivity index (χ2n) is 12.9. The molecule has 0 spiro atoms. The lowest BCUT2D eigenvalue weighted by Gasteiger charge is -2.49. The Balaban J connectivity index is 2.88. The molecule has 60 heavy (non-hydrogen) atoms. The van der Waals surface area contributed by atoms with Crippen molar-refractivity contribution in [3.8, 4) is 0 Å². The lowest BCUT2D eigenvalue weighted by Crippen LogP contribution is -2.70. The van der Waals surface area contributed by atoms with Crippen molar-refractivity contribution in [2.24, 2.45) is 0 Å². The van der Waals surface area contributed by atoms with E-state index in [0.29, 0.717) is 0 Å². The Morgan fingerprint density at radius 1 is 0.717 bits per heavy atom. The molecule has 0 aliphatic carbocycles. The van der Waals surface area contributed by atoms with Crippen LogP contribution in [0, 0.1) is 0 Å². The van der Waals surface area contributed by atoms with Crippen molar-refractivity contribution >= 4 is 88.7 Å². The van der Waals surface area contributed by atoms with Crippen molar-refractivity contribution in [2.75, 3.05) is 34.0 Å². The summed E-state index contributed by atoms with van der Waals surface area (Å²) in [7, 11) is 2.04. The number of halogens is 3. The summed E-state index contributed by atoms with van der Waals surface area (Å²) >= 11 is 17.2. The van der Waals surface area contributed by atoms with Gasteiger partial charge < -0.3 is 66.9 Å². The first-order valence-electron chi connectivity index (χ1n) is 17.6. The van der Waals surface area contributed by atoms with Crippen molar-refractivity contribution in [1.82, 2.24) is 5.32 Å². The summed E-state index contributed by atoms with van der Waals surface area (Å²) in [5.74, 6) is -10.9. The molecule has 0 radical (unpaired) electrons. The minimum Gasteiger partial charge on any atom is -0.465 e. The zero-order valence-electron chi connectivity index (χ0n) is 33.7. The Kier molecular flexibility index (Phi) is 20.0. The minimum absolute atomic E-state index is 0.819. The van der Waals surface area contributed by atoms with Crippen LogP contribution in [0.1, 0.15) is 54.9 Å². The molecule has 1 N–H and O–H groups in total. The number of amides is 1. The predicted molar refractivity (Wildman–Crippen MR) is 194 cm³/mol. The summed E-state index contributed by atoms with van der Waals surface area (Å²) < 4.78 is 69.2. The van der Waals surface area contributed by atoms with Gasteiger partial charge in [-0.2, -0.15) is 0 Å². The zero-order chi connectivity index (χ0) is 45.7. The molecular formula is C34H46Cl3NO22. The third-order valence-corrected chi connectivity index (χ3v) is 8.31. The summed E-state index contributed by atoms with van der Waals surface area (Å²) in [5.41, 5.74) is 0. The van der Waals surface area contributed by atoms with E-state index in [1.807, 2.05) is 0 Å². The van der Waals surface area contributed by atoms with Crippen LogP contribution in [-0.4, -0.2) is 159 Å². The van der Waals surface area contributed by atoms with Crippen LogP contribution >= 0.6 is 34.8 Å². The van der Waals surface area contributed by atoms with Crippen molar-refractivity contribution in [3.63, 3.8) is 0 Å². The molecule has 2 fully saturated rings. The summed E-state index contributed by atoms with van der Waals surface area (Å²) in [6.07, 6.45) is -17.7. The highest BCUT2D eigenvalue weighted by Gasteiger charge is 2.61. The Labute approximate surface area is 357 Å². The predicted octanol–water partition coefficient (Wildman–Crippen LogP) is 0.651. The van der Waals surface area contributed by atoms with E-state index in [9.17, 15) is 43.2 Å². The maximum absolute atomic E-state index is 13.9. The highest BCUT2D eigenvalue weighted by Crippen LogP contribution is 2.39. The average molecular weight is 927 g/mol. The fraction of sp³-hybridized carbons (Fsp3) is 0.735. The average Bonchev–Trinajstić information content (AvgIpc) is 3.11. The van der Waals surface area contributed by atoms with Crippen LogP contribution in [0.2, 0.25) is 0 Å². The molecule has 2 saturated heterocycles. The molecule has 2 aliphatic rings. The second-order valence-corrected chi connectivity index (χ2v) is 15.4. The third kappa shape index (κ3) is 16.0. The lowest BCUT2D eigenvalue weighted by molar-refractivity contribution is -0.339. The molecule has 1 amide bonds. The molecule has 2 rings (SSSR count). The number of esters is 8. The molecule has 340 valence electrons. The maximum atomic E-state index is 13.9. The van der Waals surface area contributed by atoms with Gasteiger partial charge in [-0.05, 0) is 0 Å². The molecule has 0 saturated carbocycles. The number of rotatable bonds is 17. The molecule has 2 aliphatic heterocycles. The fourth-order valence-electron chi connectivity index (χ4n) is 6.03. The second kappa shape index (κ2) is 23.1. The highest BCUT2D eigenvalue weighted by molar-refractivity contribution is 6.67. The molecule has 0 aromatic heterocycles. The van der Waals surface area contributed by atoms with E-state index in [-0.39, 0.29) is 0 Å². The molecular weight excluding hydrogens is 881 g/mol. The van der Waals surface area contributed by atoms with Crippen LogP contribution < -0.4 is 5.32 Å². The molecule has 0 unspecified atom stereocenters. The third-order valence-electron chi connectivity index (χ3n) is 7.99. The monoisotopic (exact) mass is 925 g/mol. The van der Waals surface area contributed by atoms with E-state index in [0.717, 1.165) is 62.7 Å². The van der Waals surface area contributed by atoms with Gasteiger partial charge in [0.25, 0.3) is 5.79 Å². The van der Waals surface area contributed by atoms with Gasteiger partial charge in [0.05, 0.1) is 26.2 Å². The van der Waals surface area contributed by atoms with Gasteiger partial charge in [0.1, 0.15) is 31.5 Å². The number of hydrogen-bond acceptors (Lipinski definition) is 22. The minimum atomic E-state index is -2.81. The van der Waals surface area contributed by atoms with Crippen molar-refractivity contribution < 1.29 is 105 Å². The van der Waals surface area contributed by atoms with Gasteiger partial charge in [0.15, 0.2) is 36.8 Å². The topological polar surface area (TPSA) is 286 Å². The molecule has 23 nitrogen and oxygen atoms in total. The number of methoxy groups -OCH3 is 2. The lowest BCUT2D eigenvalue weighted by atomic mass is 9.88. The van der Waals surface area contributed by atoms with Gasteiger partial charge in [-0.1, -0.05) is 34.8 Å². The van der Waals surface area contributed by atoms with Gasteiger partial charge in [-0.3, -0.25) is 33.6 Å². The molecule has 0 bridgehead atoms. The Morgan fingerprint density at radius 2 is 1.27 bits per heavy atom. The van der Waals surface area contributed by atoms with Crippen molar-refractivity contribution in [3.05, 3.63) is 0 Å². The molecule has 0 aromatic rings. The number of carbonyl (C=O) groups excluding carboxylic acids is 9.